The summed E-state index contributed by atoms with van der Waals surface area (Å²) in [5.41, 5.74) is 4.92. The second-order valence-corrected chi connectivity index (χ2v) is 7.86. The maximum atomic E-state index is 14.1. The van der Waals surface area contributed by atoms with Crippen LogP contribution in [0.4, 0.5) is 4.39 Å². The van der Waals surface area contributed by atoms with E-state index < -0.39 is 0 Å². The summed E-state index contributed by atoms with van der Waals surface area (Å²) >= 11 is 0. The molecule has 1 fully saturated rings. The highest BCUT2D eigenvalue weighted by Crippen LogP contribution is 2.27. The molecule has 6 heteroatoms. The normalized spacial score (nSPS) is 18.1. The molecule has 5 nitrogen and oxygen atoms in total. The molecular formula is C24H24FN5. The number of fused-ring (bicyclic) bond motifs is 1. The van der Waals surface area contributed by atoms with E-state index in [1.165, 1.54) is 6.07 Å². The second-order valence-electron chi connectivity index (χ2n) is 7.86. The molecule has 30 heavy (non-hydrogen) atoms. The Morgan fingerprint density at radius 1 is 1.00 bits per heavy atom. The van der Waals surface area contributed by atoms with E-state index in [9.17, 15) is 4.39 Å². The fourth-order valence-electron chi connectivity index (χ4n) is 4.21. The molecule has 1 aliphatic heterocycles. The first kappa shape index (κ1) is 18.9. The first-order valence-electron chi connectivity index (χ1n) is 10.2. The fraction of sp³-hybridized carbons (Fsp3) is 0.250. The van der Waals surface area contributed by atoms with Crippen molar-refractivity contribution in [3.05, 3.63) is 90.3 Å². The Kier molecular flexibility index (Phi) is 5.02. The van der Waals surface area contributed by atoms with Crippen molar-refractivity contribution in [1.82, 2.24) is 24.2 Å². The zero-order valence-corrected chi connectivity index (χ0v) is 16.9. The molecule has 0 aliphatic carbocycles. The highest BCUT2D eigenvalue weighted by Gasteiger charge is 2.28. The number of aromatic nitrogens is 3. The van der Waals surface area contributed by atoms with Crippen LogP contribution < -0.4 is 0 Å². The lowest BCUT2D eigenvalue weighted by atomic mass is 10.1. The summed E-state index contributed by atoms with van der Waals surface area (Å²) in [7, 11) is 2.14. The zero-order chi connectivity index (χ0) is 20.5. The number of likely N-dealkylation sites (N-methyl/N-ethyl adjacent to an activating group) is 1. The summed E-state index contributed by atoms with van der Waals surface area (Å²) in [6, 6.07) is 17.4. The van der Waals surface area contributed by atoms with Crippen LogP contribution in [-0.4, -0.2) is 50.9 Å². The average Bonchev–Trinajstić information content (AvgIpc) is 3.21. The van der Waals surface area contributed by atoms with Gasteiger partial charge in [0, 0.05) is 55.9 Å². The second kappa shape index (κ2) is 7.97. The van der Waals surface area contributed by atoms with E-state index in [2.05, 4.69) is 38.5 Å². The van der Waals surface area contributed by atoms with Crippen LogP contribution in [0.3, 0.4) is 0 Å². The van der Waals surface area contributed by atoms with E-state index in [-0.39, 0.29) is 11.9 Å². The Labute approximate surface area is 175 Å². The molecule has 0 N–H and O–H groups in total. The molecule has 3 aromatic heterocycles. The van der Waals surface area contributed by atoms with Gasteiger partial charge in [-0.05, 0) is 37.4 Å². The third-order valence-electron chi connectivity index (χ3n) is 5.91. The Morgan fingerprint density at radius 2 is 1.83 bits per heavy atom. The van der Waals surface area contributed by atoms with Crippen LogP contribution >= 0.6 is 0 Å². The van der Waals surface area contributed by atoms with Crippen molar-refractivity contribution in [3.8, 4) is 11.3 Å². The number of imidazole rings is 1. The van der Waals surface area contributed by atoms with Gasteiger partial charge in [-0.3, -0.25) is 19.2 Å². The van der Waals surface area contributed by atoms with Crippen molar-refractivity contribution in [2.24, 2.45) is 0 Å². The van der Waals surface area contributed by atoms with Crippen molar-refractivity contribution in [1.29, 1.82) is 0 Å². The minimum atomic E-state index is -0.136. The number of rotatable bonds is 4. The van der Waals surface area contributed by atoms with Crippen molar-refractivity contribution < 1.29 is 4.39 Å². The maximum Gasteiger partial charge on any atom is 0.137 e. The molecule has 0 unspecified atom stereocenters. The quantitative estimate of drug-likeness (QED) is 0.518. The number of piperazine rings is 1. The monoisotopic (exact) mass is 401 g/mol. The molecule has 4 heterocycles. The van der Waals surface area contributed by atoms with Crippen LogP contribution in [0.5, 0.6) is 0 Å². The Morgan fingerprint density at radius 3 is 2.67 bits per heavy atom. The first-order chi connectivity index (χ1) is 14.7. The number of pyridine rings is 2. The lowest BCUT2D eigenvalue weighted by molar-refractivity contribution is 0.0878. The molecule has 152 valence electrons. The number of nitrogens with zero attached hydrogens (tertiary/aromatic N) is 5. The van der Waals surface area contributed by atoms with E-state index in [1.54, 1.807) is 6.07 Å². The summed E-state index contributed by atoms with van der Waals surface area (Å²) in [6.07, 6.45) is 5.75. The SMILES string of the molecule is CN1CCN(Cc2ccccc2F)C[C@H]1c1cn2c(-c3ccncc3)cccc2n1. The molecule has 4 aromatic rings. The van der Waals surface area contributed by atoms with Gasteiger partial charge in [0.25, 0.3) is 0 Å². The number of hydrogen-bond acceptors (Lipinski definition) is 4. The van der Waals surface area contributed by atoms with E-state index in [4.69, 9.17) is 4.98 Å². The number of hydrogen-bond donors (Lipinski definition) is 0. The van der Waals surface area contributed by atoms with Gasteiger partial charge in [-0.2, -0.15) is 0 Å². The van der Waals surface area contributed by atoms with Gasteiger partial charge >= 0.3 is 0 Å². The fourth-order valence-corrected chi connectivity index (χ4v) is 4.21. The molecule has 0 amide bonds. The van der Waals surface area contributed by atoms with Gasteiger partial charge in [0.1, 0.15) is 11.5 Å². The van der Waals surface area contributed by atoms with Gasteiger partial charge in [-0.15, -0.1) is 0 Å². The number of benzene rings is 1. The summed E-state index contributed by atoms with van der Waals surface area (Å²) < 4.78 is 16.3. The van der Waals surface area contributed by atoms with E-state index in [1.807, 2.05) is 48.8 Å². The zero-order valence-electron chi connectivity index (χ0n) is 16.9. The molecule has 1 atom stereocenters. The number of halogens is 1. The standard InChI is InChI=1S/C24H24FN5/c1-28-13-14-29(15-19-5-2-3-6-20(19)25)17-23(28)21-16-30-22(7-4-8-24(30)27-21)18-9-11-26-12-10-18/h2-12,16,23H,13-15,17H2,1H3/t23-/m0/s1. The van der Waals surface area contributed by atoms with E-state index in [0.717, 1.165) is 47.8 Å². The molecule has 0 bridgehead atoms. The Hall–Kier alpha value is -3.09. The molecule has 0 saturated carbocycles. The molecule has 0 radical (unpaired) electrons. The summed E-state index contributed by atoms with van der Waals surface area (Å²) in [5.74, 6) is -0.136. The summed E-state index contributed by atoms with van der Waals surface area (Å²) in [4.78, 5) is 13.7. The van der Waals surface area contributed by atoms with Gasteiger partial charge in [-0.25, -0.2) is 9.37 Å². The van der Waals surface area contributed by atoms with Crippen LogP contribution in [0.15, 0.2) is 73.2 Å². The third kappa shape index (κ3) is 3.60. The van der Waals surface area contributed by atoms with E-state index >= 15 is 0 Å². The van der Waals surface area contributed by atoms with Crippen LogP contribution in [0.1, 0.15) is 17.3 Å². The van der Waals surface area contributed by atoms with E-state index in [0.29, 0.717) is 6.54 Å². The van der Waals surface area contributed by atoms with Crippen LogP contribution in [0, 0.1) is 5.82 Å². The summed E-state index contributed by atoms with van der Waals surface area (Å²) in [5, 5.41) is 0. The van der Waals surface area contributed by atoms with Crippen molar-refractivity contribution >= 4 is 5.65 Å². The molecule has 1 aliphatic rings. The minimum Gasteiger partial charge on any atom is -0.299 e. The molecule has 0 spiro atoms. The lowest BCUT2D eigenvalue weighted by Crippen LogP contribution is -2.46. The topological polar surface area (TPSA) is 36.7 Å². The first-order valence-corrected chi connectivity index (χ1v) is 10.2. The average molecular weight is 401 g/mol. The molecule has 1 aromatic carbocycles. The molecular weight excluding hydrogens is 377 g/mol. The van der Waals surface area contributed by atoms with Gasteiger partial charge in [0.2, 0.25) is 0 Å². The van der Waals surface area contributed by atoms with Crippen molar-refractivity contribution in [2.75, 3.05) is 26.7 Å². The molecule has 1 saturated heterocycles. The smallest absolute Gasteiger partial charge is 0.137 e. The minimum absolute atomic E-state index is 0.136. The van der Waals surface area contributed by atoms with Crippen molar-refractivity contribution in [2.45, 2.75) is 12.6 Å². The predicted molar refractivity (Wildman–Crippen MR) is 115 cm³/mol. The van der Waals surface area contributed by atoms with Crippen LogP contribution in [-0.2, 0) is 6.54 Å². The van der Waals surface area contributed by atoms with Crippen LogP contribution in [0.2, 0.25) is 0 Å². The van der Waals surface area contributed by atoms with Gasteiger partial charge in [-0.1, -0.05) is 24.3 Å². The maximum absolute atomic E-state index is 14.1. The summed E-state index contributed by atoms with van der Waals surface area (Å²) in [6.45, 7) is 3.27. The highest BCUT2D eigenvalue weighted by atomic mass is 19.1. The third-order valence-corrected chi connectivity index (χ3v) is 5.91. The highest BCUT2D eigenvalue weighted by molar-refractivity contribution is 5.63. The Balaban J connectivity index is 1.44. The largest absolute Gasteiger partial charge is 0.299 e. The van der Waals surface area contributed by atoms with Crippen LogP contribution in [0.25, 0.3) is 16.9 Å². The van der Waals surface area contributed by atoms with Crippen molar-refractivity contribution in [3.63, 3.8) is 0 Å². The van der Waals surface area contributed by atoms with Gasteiger partial charge in [0.05, 0.1) is 17.4 Å². The molecule has 5 rings (SSSR count). The van der Waals surface area contributed by atoms with Gasteiger partial charge < -0.3 is 0 Å². The lowest BCUT2D eigenvalue weighted by Gasteiger charge is -2.38. The predicted octanol–water partition coefficient (Wildman–Crippen LogP) is 4.02. The Bertz CT molecular complexity index is 1160. The van der Waals surface area contributed by atoms with Gasteiger partial charge in [0.15, 0.2) is 0 Å².